The molecule has 0 saturated carbocycles. The van der Waals surface area contributed by atoms with E-state index in [0.29, 0.717) is 49.1 Å². The number of nitrogens with one attached hydrogen (secondary N) is 4. The molecule has 2 amide bonds. The molecule has 0 aliphatic rings. The van der Waals surface area contributed by atoms with Crippen LogP contribution in [0.3, 0.4) is 0 Å². The largest absolute Gasteiger partial charge is 0.497 e. The van der Waals surface area contributed by atoms with Gasteiger partial charge >= 0.3 is 11.9 Å². The summed E-state index contributed by atoms with van der Waals surface area (Å²) in [6.07, 6.45) is 4.70. The molecule has 0 saturated heterocycles. The zero-order valence-electron chi connectivity index (χ0n) is 37.1. The lowest BCUT2D eigenvalue weighted by Crippen LogP contribution is -2.46. The molecule has 0 spiro atoms. The molecule has 2 aromatic heterocycles. The quantitative estimate of drug-likeness (QED) is 0.0222. The van der Waals surface area contributed by atoms with Crippen LogP contribution < -0.4 is 30.7 Å². The second-order valence-electron chi connectivity index (χ2n) is 15.9. The minimum Gasteiger partial charge on any atom is -0.497 e. The molecule has 66 heavy (non-hydrogen) atoms. The van der Waals surface area contributed by atoms with E-state index in [9.17, 15) is 29.4 Å². The summed E-state index contributed by atoms with van der Waals surface area (Å²) in [5.74, 6) is -1.50. The van der Waals surface area contributed by atoms with E-state index in [-0.39, 0.29) is 38.0 Å². The molecule has 0 atom stereocenters. The first-order valence-electron chi connectivity index (χ1n) is 21.9. The third-order valence-corrected chi connectivity index (χ3v) is 11.5. The molecule has 6 rings (SSSR count). The molecule has 6 aromatic rings. The van der Waals surface area contributed by atoms with Crippen LogP contribution in [0.1, 0.15) is 38.5 Å². The average molecular weight is 944 g/mol. The zero-order valence-corrected chi connectivity index (χ0v) is 38.6. The number of carbonyl (C=O) groups is 4. The van der Waals surface area contributed by atoms with Crippen molar-refractivity contribution in [3.63, 3.8) is 0 Å². The van der Waals surface area contributed by atoms with Gasteiger partial charge in [0.1, 0.15) is 11.5 Å². The molecular formula is C48H56Cl2N8O8. The van der Waals surface area contributed by atoms with Crippen molar-refractivity contribution in [2.75, 3.05) is 90.3 Å². The van der Waals surface area contributed by atoms with Crippen molar-refractivity contribution in [2.45, 2.75) is 38.5 Å². The van der Waals surface area contributed by atoms with Crippen LogP contribution in [0.5, 0.6) is 11.5 Å². The van der Waals surface area contributed by atoms with Crippen molar-refractivity contribution in [3.8, 4) is 11.5 Å². The highest BCUT2D eigenvalue weighted by Crippen LogP contribution is 2.36. The third kappa shape index (κ3) is 14.1. The summed E-state index contributed by atoms with van der Waals surface area (Å²) in [6.45, 7) is 1.06. The van der Waals surface area contributed by atoms with E-state index < -0.39 is 25.0 Å². The van der Waals surface area contributed by atoms with Crippen LogP contribution in [0, 0.1) is 0 Å². The number of ether oxygens (including phenoxy) is 2. The fraction of sp³-hybridized carbons (Fsp3) is 0.375. The zero-order chi connectivity index (χ0) is 47.0. The summed E-state index contributed by atoms with van der Waals surface area (Å²) in [5, 5.41) is 36.9. The van der Waals surface area contributed by atoms with Crippen LogP contribution in [-0.2, 0) is 19.2 Å². The Morgan fingerprint density at radius 2 is 0.924 bits per heavy atom. The second-order valence-corrected chi connectivity index (χ2v) is 16.8. The van der Waals surface area contributed by atoms with Gasteiger partial charge < -0.3 is 41.0 Å². The maximum absolute atomic E-state index is 12.9. The number of nitrogens with zero attached hydrogens (tertiary/aromatic N) is 4. The van der Waals surface area contributed by atoms with Crippen LogP contribution in [0.25, 0.3) is 43.6 Å². The summed E-state index contributed by atoms with van der Waals surface area (Å²) in [5.41, 5.74) is 5.08. The van der Waals surface area contributed by atoms with Gasteiger partial charge in [-0.3, -0.25) is 29.0 Å². The highest BCUT2D eigenvalue weighted by atomic mass is 35.5. The average Bonchev–Trinajstić information content (AvgIpc) is 3.28. The number of pyridine rings is 2. The molecule has 4 aromatic carbocycles. The predicted molar refractivity (Wildman–Crippen MR) is 260 cm³/mol. The molecule has 18 heteroatoms. The van der Waals surface area contributed by atoms with Gasteiger partial charge in [0.05, 0.1) is 73.8 Å². The van der Waals surface area contributed by atoms with Crippen LogP contribution in [-0.4, -0.2) is 133 Å². The van der Waals surface area contributed by atoms with Crippen LogP contribution in [0.15, 0.2) is 72.8 Å². The minimum absolute atomic E-state index is 0.0667. The number of hydrogen-bond donors (Lipinski definition) is 6. The number of rotatable bonds is 27. The number of methoxy groups -OCH3 is 2. The van der Waals surface area contributed by atoms with Crippen molar-refractivity contribution in [1.29, 1.82) is 0 Å². The van der Waals surface area contributed by atoms with E-state index >= 15 is 0 Å². The van der Waals surface area contributed by atoms with Crippen molar-refractivity contribution in [3.05, 3.63) is 82.8 Å². The molecule has 0 fully saturated rings. The fourth-order valence-corrected chi connectivity index (χ4v) is 8.11. The van der Waals surface area contributed by atoms with Crippen molar-refractivity contribution >= 4 is 102 Å². The van der Waals surface area contributed by atoms with E-state index in [1.807, 2.05) is 72.8 Å². The maximum atomic E-state index is 12.9. The number of anilines is 2. The Hall–Kier alpha value is -6.20. The Morgan fingerprint density at radius 3 is 1.32 bits per heavy atom. The first-order chi connectivity index (χ1) is 31.9. The monoisotopic (exact) mass is 942 g/mol. The lowest BCUT2D eigenvalue weighted by molar-refractivity contribution is -0.141. The maximum Gasteiger partial charge on any atom is 0.317 e. The van der Waals surface area contributed by atoms with Crippen LogP contribution in [0.2, 0.25) is 10.0 Å². The number of aliphatic carboxylic acids is 2. The molecule has 350 valence electrons. The number of carboxylic acids is 2. The molecule has 0 unspecified atom stereocenters. The van der Waals surface area contributed by atoms with Gasteiger partial charge in [-0.15, -0.1) is 0 Å². The molecule has 0 bridgehead atoms. The van der Waals surface area contributed by atoms with Crippen LogP contribution >= 0.6 is 23.2 Å². The number of carboxylic acid groups (broad SMARTS) is 2. The van der Waals surface area contributed by atoms with Gasteiger partial charge in [-0.2, -0.15) is 0 Å². The van der Waals surface area contributed by atoms with Gasteiger partial charge in [-0.25, -0.2) is 9.97 Å². The smallest absolute Gasteiger partial charge is 0.317 e. The standard InChI is InChI=1S/C48H56Cl2N8O8/c1-65-33-11-15-39-37(25-33)47(35-13-9-31(49)23-41(35)55-39)53-19-7-3-5-17-51-43(59)27-57(29-45(61)62)21-22-58(30-46(63)64)28-44(60)52-18-6-4-8-20-54-48-36-14-10-32(50)24-42(36)56-40-16-12-34(66-2)26-38(40)48/h9-16,23-26H,3-8,17-22,27-30H2,1-2H3,(H,51,59)(H,52,60)(H,53,55)(H,54,56)(H,61,62)(H,63,64). The fourth-order valence-electron chi connectivity index (χ4n) is 7.78. The molecule has 0 aliphatic carbocycles. The number of aromatic nitrogens is 2. The summed E-state index contributed by atoms with van der Waals surface area (Å²) in [7, 11) is 3.25. The molecule has 0 aliphatic heterocycles. The number of carbonyl (C=O) groups excluding carboxylic acids is 2. The first-order valence-corrected chi connectivity index (χ1v) is 22.7. The Kier molecular flexibility index (Phi) is 18.2. The van der Waals surface area contributed by atoms with E-state index in [4.69, 9.17) is 42.6 Å². The van der Waals surface area contributed by atoms with Gasteiger partial charge in [0.25, 0.3) is 0 Å². The Balaban J connectivity index is 0.895. The number of amides is 2. The van der Waals surface area contributed by atoms with Crippen molar-refractivity contribution in [1.82, 2.24) is 30.4 Å². The lowest BCUT2D eigenvalue weighted by Gasteiger charge is -2.25. The second kappa shape index (κ2) is 24.4. The van der Waals surface area contributed by atoms with Gasteiger partial charge in [0.15, 0.2) is 0 Å². The normalized spacial score (nSPS) is 11.4. The number of unbranched alkanes of at least 4 members (excludes halogenated alkanes) is 4. The summed E-state index contributed by atoms with van der Waals surface area (Å²) in [4.78, 5) is 61.6. The highest BCUT2D eigenvalue weighted by Gasteiger charge is 2.19. The van der Waals surface area contributed by atoms with E-state index in [1.54, 1.807) is 14.2 Å². The van der Waals surface area contributed by atoms with Gasteiger partial charge in [-0.1, -0.05) is 23.2 Å². The van der Waals surface area contributed by atoms with Crippen LogP contribution in [0.4, 0.5) is 11.4 Å². The molecule has 6 N–H and O–H groups in total. The number of benzene rings is 4. The van der Waals surface area contributed by atoms with Crippen molar-refractivity contribution in [2.24, 2.45) is 0 Å². The molecule has 2 heterocycles. The summed E-state index contributed by atoms with van der Waals surface area (Å²) < 4.78 is 10.9. The SMILES string of the molecule is COc1ccc2nc3cc(Cl)ccc3c(NCCCCCNC(=O)CN(CCN(CC(=O)O)CC(=O)NCCCCCNc3c4ccc(Cl)cc4nc4ccc(OC)cc34)CC(=O)O)c2c1. The highest BCUT2D eigenvalue weighted by molar-refractivity contribution is 6.32. The third-order valence-electron chi connectivity index (χ3n) is 11.0. The molecule has 0 radical (unpaired) electrons. The number of halogens is 2. The minimum atomic E-state index is -1.13. The number of hydrogen-bond acceptors (Lipinski definition) is 12. The summed E-state index contributed by atoms with van der Waals surface area (Å²) >= 11 is 12.5. The van der Waals surface area contributed by atoms with E-state index in [2.05, 4.69) is 21.3 Å². The first kappa shape index (κ1) is 49.2. The lowest BCUT2D eigenvalue weighted by atomic mass is 10.1. The Bertz CT molecular complexity index is 2490. The number of fused-ring (bicyclic) bond motifs is 4. The van der Waals surface area contributed by atoms with Gasteiger partial charge in [-0.05, 0) is 111 Å². The Morgan fingerprint density at radius 1 is 0.515 bits per heavy atom. The summed E-state index contributed by atoms with van der Waals surface area (Å²) in [6, 6.07) is 22.7. The topological polar surface area (TPSA) is 208 Å². The molecule has 16 nitrogen and oxygen atoms in total. The Labute approximate surface area is 392 Å². The predicted octanol–water partition coefficient (Wildman–Crippen LogP) is 7.28. The van der Waals surface area contributed by atoms with Crippen molar-refractivity contribution < 1.29 is 38.9 Å². The molecular weight excluding hydrogens is 887 g/mol. The van der Waals surface area contributed by atoms with E-state index in [0.717, 1.165) is 92.2 Å². The van der Waals surface area contributed by atoms with Gasteiger partial charge in [0.2, 0.25) is 11.8 Å². The van der Waals surface area contributed by atoms with E-state index in [1.165, 1.54) is 9.80 Å². The van der Waals surface area contributed by atoms with Gasteiger partial charge in [0, 0.05) is 70.9 Å².